The summed E-state index contributed by atoms with van der Waals surface area (Å²) in [5.41, 5.74) is 6.18. The topological polar surface area (TPSA) is 91.4 Å². The lowest BCUT2D eigenvalue weighted by Gasteiger charge is -2.24. The van der Waals surface area contributed by atoms with Crippen LogP contribution in [0.15, 0.2) is 30.3 Å². The number of para-hydroxylation sites is 1. The highest BCUT2D eigenvalue weighted by Gasteiger charge is 2.22. The number of benzene rings is 1. The minimum atomic E-state index is -0.173. The van der Waals surface area contributed by atoms with Gasteiger partial charge in [-0.15, -0.1) is 0 Å². The maximum absolute atomic E-state index is 12.4. The molecule has 20 heavy (non-hydrogen) atoms. The molecule has 1 aromatic rings. The van der Waals surface area contributed by atoms with Crippen LogP contribution < -0.4 is 16.0 Å². The number of amides is 2. The van der Waals surface area contributed by atoms with E-state index >= 15 is 0 Å². The Bertz CT molecular complexity index is 458. The number of nitrogens with zero attached hydrogens (tertiary/aromatic N) is 1. The van der Waals surface area contributed by atoms with E-state index in [0.29, 0.717) is 26.2 Å². The summed E-state index contributed by atoms with van der Waals surface area (Å²) in [6.45, 7) is 1.63. The fourth-order valence-corrected chi connectivity index (χ4v) is 2.09. The van der Waals surface area contributed by atoms with Crippen LogP contribution >= 0.6 is 0 Å². The number of urea groups is 1. The standard InChI is InChI=1S/C14H20N4O2/c15-13(16)6-8-18(12-4-2-1-3-5-12)14(19)17-11-7-9-20-10-11/h1-5,11H,6-10H2,(H3,15,16)(H,17,19). The second-order valence-corrected chi connectivity index (χ2v) is 4.77. The molecule has 0 aliphatic carbocycles. The maximum atomic E-state index is 12.4. The molecule has 2 rings (SSSR count). The number of rotatable bonds is 5. The Kier molecular flexibility index (Phi) is 4.95. The Labute approximate surface area is 118 Å². The van der Waals surface area contributed by atoms with Crippen LogP contribution in [0.2, 0.25) is 0 Å². The van der Waals surface area contributed by atoms with Crippen molar-refractivity contribution in [3.05, 3.63) is 30.3 Å². The second-order valence-electron chi connectivity index (χ2n) is 4.77. The fourth-order valence-electron chi connectivity index (χ4n) is 2.09. The van der Waals surface area contributed by atoms with E-state index in [9.17, 15) is 4.79 Å². The highest BCUT2D eigenvalue weighted by Crippen LogP contribution is 2.15. The molecule has 1 aliphatic rings. The van der Waals surface area contributed by atoms with Gasteiger partial charge in [0, 0.05) is 25.3 Å². The maximum Gasteiger partial charge on any atom is 0.322 e. The number of nitrogens with two attached hydrogens (primary N) is 1. The minimum Gasteiger partial charge on any atom is -0.388 e. The van der Waals surface area contributed by atoms with Gasteiger partial charge in [0.2, 0.25) is 0 Å². The lowest BCUT2D eigenvalue weighted by atomic mass is 10.2. The van der Waals surface area contributed by atoms with Crippen molar-refractivity contribution in [3.8, 4) is 0 Å². The van der Waals surface area contributed by atoms with Crippen molar-refractivity contribution in [2.45, 2.75) is 18.9 Å². The predicted octanol–water partition coefficient (Wildman–Crippen LogP) is 1.32. The van der Waals surface area contributed by atoms with Gasteiger partial charge >= 0.3 is 6.03 Å². The number of hydrogen-bond acceptors (Lipinski definition) is 3. The number of ether oxygens (including phenoxy) is 1. The third-order valence-electron chi connectivity index (χ3n) is 3.18. The van der Waals surface area contributed by atoms with E-state index in [4.69, 9.17) is 15.9 Å². The van der Waals surface area contributed by atoms with Gasteiger partial charge in [0.1, 0.15) is 0 Å². The molecule has 108 valence electrons. The number of carbonyl (C=O) groups excluding carboxylic acids is 1. The molecule has 1 atom stereocenters. The highest BCUT2D eigenvalue weighted by molar-refractivity contribution is 5.93. The Morgan fingerprint density at radius 2 is 2.20 bits per heavy atom. The Morgan fingerprint density at radius 3 is 2.80 bits per heavy atom. The zero-order chi connectivity index (χ0) is 14.4. The zero-order valence-corrected chi connectivity index (χ0v) is 11.3. The van der Waals surface area contributed by atoms with Crippen molar-refractivity contribution in [3.63, 3.8) is 0 Å². The predicted molar refractivity (Wildman–Crippen MR) is 78.1 cm³/mol. The van der Waals surface area contributed by atoms with Gasteiger partial charge in [-0.2, -0.15) is 0 Å². The van der Waals surface area contributed by atoms with Crippen molar-refractivity contribution in [1.82, 2.24) is 5.32 Å². The number of hydrogen-bond donors (Lipinski definition) is 3. The summed E-state index contributed by atoms with van der Waals surface area (Å²) >= 11 is 0. The summed E-state index contributed by atoms with van der Waals surface area (Å²) < 4.78 is 5.25. The Balaban J connectivity index is 2.04. The van der Waals surface area contributed by atoms with Crippen LogP contribution in [0.4, 0.5) is 10.5 Å². The molecule has 1 unspecified atom stereocenters. The lowest BCUT2D eigenvalue weighted by molar-refractivity contribution is 0.189. The average Bonchev–Trinajstić information content (AvgIpc) is 2.92. The summed E-state index contributed by atoms with van der Waals surface area (Å²) in [6.07, 6.45) is 1.19. The van der Waals surface area contributed by atoms with Gasteiger partial charge in [0.05, 0.1) is 18.5 Å². The van der Waals surface area contributed by atoms with E-state index in [1.54, 1.807) is 4.90 Å². The van der Waals surface area contributed by atoms with Crippen LogP contribution in [-0.2, 0) is 4.74 Å². The van der Waals surface area contributed by atoms with E-state index in [-0.39, 0.29) is 17.9 Å². The average molecular weight is 276 g/mol. The van der Waals surface area contributed by atoms with E-state index in [2.05, 4.69) is 5.32 Å². The van der Waals surface area contributed by atoms with Gasteiger partial charge < -0.3 is 15.8 Å². The molecule has 0 bridgehead atoms. The molecule has 2 amide bonds. The van der Waals surface area contributed by atoms with E-state index in [1.165, 1.54) is 0 Å². The molecule has 1 saturated heterocycles. The Morgan fingerprint density at radius 1 is 1.45 bits per heavy atom. The normalized spacial score (nSPS) is 17.7. The molecule has 0 aromatic heterocycles. The van der Waals surface area contributed by atoms with E-state index in [0.717, 1.165) is 12.1 Å². The fraction of sp³-hybridized carbons (Fsp3) is 0.429. The number of anilines is 1. The van der Waals surface area contributed by atoms with Crippen molar-refractivity contribution in [1.29, 1.82) is 5.41 Å². The van der Waals surface area contributed by atoms with Crippen LogP contribution in [0.1, 0.15) is 12.8 Å². The van der Waals surface area contributed by atoms with Crippen LogP contribution in [-0.4, -0.2) is 37.7 Å². The first-order valence-corrected chi connectivity index (χ1v) is 6.70. The van der Waals surface area contributed by atoms with E-state index < -0.39 is 0 Å². The number of nitrogens with one attached hydrogen (secondary N) is 2. The third kappa shape index (κ3) is 3.96. The molecule has 6 heteroatoms. The SMILES string of the molecule is N=C(N)CCN(C(=O)NC1CCOC1)c1ccccc1. The first kappa shape index (κ1) is 14.3. The van der Waals surface area contributed by atoms with Gasteiger partial charge in [-0.25, -0.2) is 4.79 Å². The number of carbonyl (C=O) groups is 1. The van der Waals surface area contributed by atoms with Gasteiger partial charge in [0.25, 0.3) is 0 Å². The zero-order valence-electron chi connectivity index (χ0n) is 11.3. The molecular weight excluding hydrogens is 256 g/mol. The molecule has 0 radical (unpaired) electrons. The summed E-state index contributed by atoms with van der Waals surface area (Å²) in [5.74, 6) is 0.0722. The second kappa shape index (κ2) is 6.91. The first-order chi connectivity index (χ1) is 9.66. The summed E-state index contributed by atoms with van der Waals surface area (Å²) in [6, 6.07) is 9.27. The van der Waals surface area contributed by atoms with Gasteiger partial charge in [-0.1, -0.05) is 18.2 Å². The van der Waals surface area contributed by atoms with Gasteiger partial charge in [-0.3, -0.25) is 10.3 Å². The quantitative estimate of drug-likeness (QED) is 0.559. The summed E-state index contributed by atoms with van der Waals surface area (Å²) in [4.78, 5) is 14.0. The molecular formula is C14H20N4O2. The van der Waals surface area contributed by atoms with Gasteiger partial charge in [0.15, 0.2) is 0 Å². The van der Waals surface area contributed by atoms with Crippen molar-refractivity contribution in [2.75, 3.05) is 24.7 Å². The molecule has 1 fully saturated rings. The first-order valence-electron chi connectivity index (χ1n) is 6.70. The molecule has 1 aromatic carbocycles. The van der Waals surface area contributed by atoms with Gasteiger partial charge in [-0.05, 0) is 18.6 Å². The monoisotopic (exact) mass is 276 g/mol. The van der Waals surface area contributed by atoms with Crippen molar-refractivity contribution >= 4 is 17.6 Å². The van der Waals surface area contributed by atoms with Crippen molar-refractivity contribution in [2.24, 2.45) is 5.73 Å². The largest absolute Gasteiger partial charge is 0.388 e. The van der Waals surface area contributed by atoms with Crippen LogP contribution in [0.3, 0.4) is 0 Å². The molecule has 0 saturated carbocycles. The highest BCUT2D eigenvalue weighted by atomic mass is 16.5. The van der Waals surface area contributed by atoms with Crippen LogP contribution in [0, 0.1) is 5.41 Å². The summed E-state index contributed by atoms with van der Waals surface area (Å²) in [5, 5.41) is 10.3. The Hall–Kier alpha value is -2.08. The molecule has 0 spiro atoms. The minimum absolute atomic E-state index is 0.0611. The molecule has 6 nitrogen and oxygen atoms in total. The lowest BCUT2D eigenvalue weighted by Crippen LogP contribution is -2.46. The van der Waals surface area contributed by atoms with Crippen LogP contribution in [0.25, 0.3) is 0 Å². The van der Waals surface area contributed by atoms with Crippen molar-refractivity contribution < 1.29 is 9.53 Å². The number of amidine groups is 1. The van der Waals surface area contributed by atoms with Crippen LogP contribution in [0.5, 0.6) is 0 Å². The smallest absolute Gasteiger partial charge is 0.322 e. The molecule has 4 N–H and O–H groups in total. The van der Waals surface area contributed by atoms with E-state index in [1.807, 2.05) is 30.3 Å². The molecule has 1 aliphatic heterocycles. The molecule has 1 heterocycles. The third-order valence-corrected chi connectivity index (χ3v) is 3.18. The summed E-state index contributed by atoms with van der Waals surface area (Å²) in [7, 11) is 0.